The van der Waals surface area contributed by atoms with Crippen LogP contribution in [-0.2, 0) is 11.2 Å². The van der Waals surface area contributed by atoms with Gasteiger partial charge in [0.25, 0.3) is 5.91 Å². The molecular formula is C16H16FN3O. The zero-order valence-corrected chi connectivity index (χ0v) is 11.4. The number of guanidine groups is 1. The summed E-state index contributed by atoms with van der Waals surface area (Å²) in [4.78, 5) is 15.8. The Labute approximate surface area is 122 Å². The third-order valence-corrected chi connectivity index (χ3v) is 3.07. The zero-order chi connectivity index (χ0) is 15.2. The lowest BCUT2D eigenvalue weighted by atomic mass is 9.91. The van der Waals surface area contributed by atoms with Gasteiger partial charge in [-0.25, -0.2) is 4.39 Å². The number of halogens is 1. The molecule has 0 saturated carbocycles. The first kappa shape index (κ1) is 14.7. The molecule has 4 nitrogen and oxygen atoms in total. The molecule has 0 fully saturated rings. The largest absolute Gasteiger partial charge is 0.370 e. The second kappa shape index (κ2) is 6.65. The van der Waals surface area contributed by atoms with Gasteiger partial charge in [-0.1, -0.05) is 42.5 Å². The van der Waals surface area contributed by atoms with Crippen molar-refractivity contribution in [2.75, 3.05) is 0 Å². The Morgan fingerprint density at radius 1 is 1.10 bits per heavy atom. The highest BCUT2D eigenvalue weighted by atomic mass is 19.1. The van der Waals surface area contributed by atoms with E-state index in [4.69, 9.17) is 11.5 Å². The molecule has 0 bridgehead atoms. The van der Waals surface area contributed by atoms with E-state index in [0.29, 0.717) is 12.0 Å². The summed E-state index contributed by atoms with van der Waals surface area (Å²) in [7, 11) is 0. The third-order valence-electron chi connectivity index (χ3n) is 3.07. The molecule has 0 radical (unpaired) electrons. The highest BCUT2D eigenvalue weighted by molar-refractivity contribution is 5.95. The van der Waals surface area contributed by atoms with Gasteiger partial charge in [0, 0.05) is 0 Å². The fourth-order valence-electron chi connectivity index (χ4n) is 2.14. The molecule has 0 aliphatic rings. The average molecular weight is 285 g/mol. The number of hydrogen-bond donors (Lipinski definition) is 2. The summed E-state index contributed by atoms with van der Waals surface area (Å²) in [6, 6.07) is 15.3. The SMILES string of the molecule is NC(N)=NC(=O)[C@H](Cc1cccc(F)c1)c1ccccc1. The van der Waals surface area contributed by atoms with Gasteiger partial charge < -0.3 is 11.5 Å². The van der Waals surface area contributed by atoms with Crippen molar-refractivity contribution in [3.8, 4) is 0 Å². The molecule has 5 heteroatoms. The van der Waals surface area contributed by atoms with Crippen LogP contribution in [0.3, 0.4) is 0 Å². The number of amides is 1. The Morgan fingerprint density at radius 2 is 1.81 bits per heavy atom. The first-order valence-electron chi connectivity index (χ1n) is 6.49. The van der Waals surface area contributed by atoms with E-state index >= 15 is 0 Å². The normalized spacial score (nSPS) is 11.7. The van der Waals surface area contributed by atoms with Crippen molar-refractivity contribution in [3.63, 3.8) is 0 Å². The van der Waals surface area contributed by atoms with Crippen LogP contribution in [0.1, 0.15) is 17.0 Å². The molecule has 2 aromatic carbocycles. The number of rotatable bonds is 4. The van der Waals surface area contributed by atoms with Gasteiger partial charge in [0.15, 0.2) is 5.96 Å². The molecule has 0 aromatic heterocycles. The third kappa shape index (κ3) is 4.14. The Hall–Kier alpha value is -2.69. The fraction of sp³-hybridized carbons (Fsp3) is 0.125. The van der Waals surface area contributed by atoms with Crippen molar-refractivity contribution in [3.05, 3.63) is 71.5 Å². The molecule has 1 amide bonds. The van der Waals surface area contributed by atoms with Crippen LogP contribution in [0.15, 0.2) is 59.6 Å². The van der Waals surface area contributed by atoms with E-state index in [1.54, 1.807) is 12.1 Å². The van der Waals surface area contributed by atoms with E-state index in [0.717, 1.165) is 5.56 Å². The highest BCUT2D eigenvalue weighted by Gasteiger charge is 2.21. The quantitative estimate of drug-likeness (QED) is 0.665. The van der Waals surface area contributed by atoms with Gasteiger partial charge in [0.1, 0.15) is 5.82 Å². The predicted molar refractivity (Wildman–Crippen MR) is 80.1 cm³/mol. The van der Waals surface area contributed by atoms with Gasteiger partial charge in [-0.05, 0) is 29.7 Å². The van der Waals surface area contributed by atoms with Gasteiger partial charge in [0.2, 0.25) is 0 Å². The lowest BCUT2D eigenvalue weighted by molar-refractivity contribution is -0.119. The molecule has 0 aliphatic carbocycles. The van der Waals surface area contributed by atoms with E-state index in [1.165, 1.54) is 12.1 Å². The van der Waals surface area contributed by atoms with E-state index in [-0.39, 0.29) is 11.8 Å². The number of hydrogen-bond acceptors (Lipinski definition) is 1. The summed E-state index contributed by atoms with van der Waals surface area (Å²) in [6.45, 7) is 0. The lowest BCUT2D eigenvalue weighted by Crippen LogP contribution is -2.26. The van der Waals surface area contributed by atoms with Crippen molar-refractivity contribution < 1.29 is 9.18 Å². The number of benzene rings is 2. The van der Waals surface area contributed by atoms with Crippen LogP contribution in [0.5, 0.6) is 0 Å². The maximum absolute atomic E-state index is 13.3. The number of carbonyl (C=O) groups excluding carboxylic acids is 1. The summed E-state index contributed by atoms with van der Waals surface area (Å²) in [5, 5.41) is 0. The molecule has 1 atom stereocenters. The van der Waals surface area contributed by atoms with Crippen molar-refractivity contribution in [2.45, 2.75) is 12.3 Å². The van der Waals surface area contributed by atoms with Crippen LogP contribution < -0.4 is 11.5 Å². The fourth-order valence-corrected chi connectivity index (χ4v) is 2.14. The minimum absolute atomic E-state index is 0.278. The summed E-state index contributed by atoms with van der Waals surface area (Å²) in [5.41, 5.74) is 12.0. The molecule has 0 unspecified atom stereocenters. The second-order valence-corrected chi connectivity index (χ2v) is 4.67. The monoisotopic (exact) mass is 285 g/mol. The van der Waals surface area contributed by atoms with Crippen molar-refractivity contribution in [1.82, 2.24) is 0 Å². The molecule has 4 N–H and O–H groups in total. The molecule has 0 aliphatic heterocycles. The van der Waals surface area contributed by atoms with Crippen LogP contribution in [0, 0.1) is 5.82 Å². The van der Waals surface area contributed by atoms with Crippen molar-refractivity contribution >= 4 is 11.9 Å². The van der Waals surface area contributed by atoms with E-state index in [1.807, 2.05) is 30.3 Å². The summed E-state index contributed by atoms with van der Waals surface area (Å²) in [5.74, 6) is -1.60. The maximum Gasteiger partial charge on any atom is 0.256 e. The second-order valence-electron chi connectivity index (χ2n) is 4.67. The summed E-state index contributed by atoms with van der Waals surface area (Å²) < 4.78 is 13.3. The Morgan fingerprint density at radius 3 is 2.43 bits per heavy atom. The molecule has 21 heavy (non-hydrogen) atoms. The molecular weight excluding hydrogens is 269 g/mol. The molecule has 0 saturated heterocycles. The van der Waals surface area contributed by atoms with Gasteiger partial charge >= 0.3 is 0 Å². The Bertz CT molecular complexity index is 652. The van der Waals surface area contributed by atoms with Gasteiger partial charge in [0.05, 0.1) is 5.92 Å². The zero-order valence-electron chi connectivity index (χ0n) is 11.4. The molecule has 2 rings (SSSR count). The van der Waals surface area contributed by atoms with E-state index in [2.05, 4.69) is 4.99 Å². The van der Waals surface area contributed by atoms with E-state index in [9.17, 15) is 9.18 Å². The smallest absolute Gasteiger partial charge is 0.256 e. The minimum atomic E-state index is -0.546. The summed E-state index contributed by atoms with van der Waals surface area (Å²) in [6.07, 6.45) is 0.331. The van der Waals surface area contributed by atoms with Gasteiger partial charge in [-0.3, -0.25) is 4.79 Å². The molecule has 2 aromatic rings. The summed E-state index contributed by atoms with van der Waals surface area (Å²) >= 11 is 0. The Balaban J connectivity index is 2.32. The van der Waals surface area contributed by atoms with Crippen LogP contribution in [0.2, 0.25) is 0 Å². The standard InChI is InChI=1S/C16H16FN3O/c17-13-8-4-5-11(9-13)10-14(15(21)20-16(18)19)12-6-2-1-3-7-12/h1-9,14H,10H2,(H4,18,19,20,21)/t14-/m1/s1. The first-order valence-corrected chi connectivity index (χ1v) is 6.49. The number of aliphatic imine (C=N–C) groups is 1. The molecule has 108 valence electrons. The molecule has 0 heterocycles. The van der Waals surface area contributed by atoms with Gasteiger partial charge in [-0.2, -0.15) is 4.99 Å². The Kier molecular flexibility index (Phi) is 4.66. The highest BCUT2D eigenvalue weighted by Crippen LogP contribution is 2.23. The number of nitrogens with two attached hydrogens (primary N) is 2. The first-order chi connectivity index (χ1) is 10.1. The maximum atomic E-state index is 13.3. The van der Waals surface area contributed by atoms with Crippen molar-refractivity contribution in [2.24, 2.45) is 16.5 Å². The topological polar surface area (TPSA) is 81.5 Å². The minimum Gasteiger partial charge on any atom is -0.370 e. The van der Waals surface area contributed by atoms with Crippen molar-refractivity contribution in [1.29, 1.82) is 0 Å². The molecule has 0 spiro atoms. The van der Waals surface area contributed by atoms with E-state index < -0.39 is 11.8 Å². The van der Waals surface area contributed by atoms with Crippen LogP contribution in [0.25, 0.3) is 0 Å². The lowest BCUT2D eigenvalue weighted by Gasteiger charge is -2.14. The van der Waals surface area contributed by atoms with Crippen LogP contribution in [-0.4, -0.2) is 11.9 Å². The van der Waals surface area contributed by atoms with Crippen LogP contribution in [0.4, 0.5) is 4.39 Å². The average Bonchev–Trinajstić information content (AvgIpc) is 2.45. The number of carbonyl (C=O) groups is 1. The predicted octanol–water partition coefficient (Wildman–Crippen LogP) is 1.95. The van der Waals surface area contributed by atoms with Gasteiger partial charge in [-0.15, -0.1) is 0 Å². The number of nitrogens with zero attached hydrogens (tertiary/aromatic N) is 1. The van der Waals surface area contributed by atoms with Crippen LogP contribution >= 0.6 is 0 Å².